The van der Waals surface area contributed by atoms with Gasteiger partial charge in [0.05, 0.1) is 23.5 Å². The monoisotopic (exact) mass is 381 g/mol. The molecule has 1 atom stereocenters. The maximum Gasteiger partial charge on any atom is 0.261 e. The molecule has 0 saturated heterocycles. The van der Waals surface area contributed by atoms with E-state index in [1.165, 1.54) is 12.1 Å². The Morgan fingerprint density at radius 3 is 2.36 bits per heavy atom. The number of nitrogens with one attached hydrogen (secondary N) is 1. The summed E-state index contributed by atoms with van der Waals surface area (Å²) in [5, 5.41) is 14.1. The van der Waals surface area contributed by atoms with Gasteiger partial charge in [0.2, 0.25) is 0 Å². The highest BCUT2D eigenvalue weighted by Gasteiger charge is 2.51. The van der Waals surface area contributed by atoms with Gasteiger partial charge in [-0.15, -0.1) is 0 Å². The number of carbonyl (C=O) groups excluding carboxylic acids is 1. The van der Waals surface area contributed by atoms with Crippen LogP contribution in [0.4, 0.5) is 5.69 Å². The van der Waals surface area contributed by atoms with Crippen molar-refractivity contribution in [3.05, 3.63) is 57.6 Å². The molecule has 2 aromatic carbocycles. The van der Waals surface area contributed by atoms with Crippen LogP contribution in [0.1, 0.15) is 17.5 Å². The van der Waals surface area contributed by atoms with Crippen LogP contribution in [0.5, 0.6) is 5.75 Å². The largest absolute Gasteiger partial charge is 0.497 e. The first-order valence-corrected chi connectivity index (χ1v) is 8.19. The minimum absolute atomic E-state index is 0.181. The number of amides is 1. The van der Waals surface area contributed by atoms with Crippen molar-refractivity contribution < 1.29 is 14.6 Å². The molecular formula is C17H17Cl2N3O3. The Morgan fingerprint density at radius 1 is 1.16 bits per heavy atom. The number of halogens is 2. The topological polar surface area (TPSA) is 111 Å². The Morgan fingerprint density at radius 2 is 1.76 bits per heavy atom. The molecule has 1 aliphatic heterocycles. The van der Waals surface area contributed by atoms with E-state index in [-0.39, 0.29) is 27.7 Å². The summed E-state index contributed by atoms with van der Waals surface area (Å²) in [6.07, 6.45) is -0.286. The van der Waals surface area contributed by atoms with E-state index in [9.17, 15) is 9.90 Å². The Labute approximate surface area is 154 Å². The molecule has 8 heteroatoms. The van der Waals surface area contributed by atoms with Crippen molar-refractivity contribution in [1.82, 2.24) is 0 Å². The second-order valence-electron chi connectivity index (χ2n) is 6.04. The second-order valence-corrected chi connectivity index (χ2v) is 6.85. The summed E-state index contributed by atoms with van der Waals surface area (Å²) in [6, 6.07) is 9.79. The molecule has 1 unspecified atom stereocenters. The normalized spacial score (nSPS) is 19.5. The first-order chi connectivity index (χ1) is 11.7. The van der Waals surface area contributed by atoms with Gasteiger partial charge in [-0.25, -0.2) is 0 Å². The quantitative estimate of drug-likeness (QED) is 0.607. The number of nitrogens with two attached hydrogens (primary N) is 2. The molecule has 25 heavy (non-hydrogen) atoms. The van der Waals surface area contributed by atoms with Gasteiger partial charge in [0.1, 0.15) is 5.75 Å². The zero-order valence-corrected chi connectivity index (χ0v) is 14.9. The average Bonchev–Trinajstić information content (AvgIpc) is 2.83. The summed E-state index contributed by atoms with van der Waals surface area (Å²) in [6.45, 7) is 0. The Hall–Kier alpha value is -1.83. The minimum atomic E-state index is -2.00. The standard InChI is InChI=1S/C17H17Cl2N3O3/c1-25-10-4-2-9(3-5-10)17(20,21)8-16(24)13-11(18)6-7-12(19)14(13)22-15(16)23/h2-7,24H,8,20-21H2,1H3,(H,22,23). The fourth-order valence-electron chi connectivity index (χ4n) is 3.00. The number of rotatable bonds is 4. The van der Waals surface area contributed by atoms with E-state index in [1.54, 1.807) is 31.4 Å². The van der Waals surface area contributed by atoms with E-state index in [0.29, 0.717) is 11.3 Å². The van der Waals surface area contributed by atoms with Crippen LogP contribution in [0.2, 0.25) is 10.0 Å². The molecule has 0 aliphatic carbocycles. The highest BCUT2D eigenvalue weighted by atomic mass is 35.5. The minimum Gasteiger partial charge on any atom is -0.497 e. The molecule has 0 radical (unpaired) electrons. The molecule has 0 bridgehead atoms. The van der Waals surface area contributed by atoms with Gasteiger partial charge in [-0.2, -0.15) is 0 Å². The van der Waals surface area contributed by atoms with E-state index in [4.69, 9.17) is 39.4 Å². The van der Waals surface area contributed by atoms with Crippen LogP contribution in [-0.4, -0.2) is 18.1 Å². The number of aliphatic hydroxyl groups is 1. The molecule has 132 valence electrons. The van der Waals surface area contributed by atoms with Crippen molar-refractivity contribution in [1.29, 1.82) is 0 Å². The Kier molecular flexibility index (Phi) is 4.43. The summed E-state index contributed by atoms with van der Waals surface area (Å²) in [7, 11) is 1.54. The van der Waals surface area contributed by atoms with Crippen molar-refractivity contribution in [2.45, 2.75) is 17.7 Å². The van der Waals surface area contributed by atoms with Crippen LogP contribution in [0.15, 0.2) is 36.4 Å². The van der Waals surface area contributed by atoms with Gasteiger partial charge in [0.25, 0.3) is 5.91 Å². The van der Waals surface area contributed by atoms with Crippen molar-refractivity contribution in [3.63, 3.8) is 0 Å². The van der Waals surface area contributed by atoms with Crippen molar-refractivity contribution in [3.8, 4) is 5.75 Å². The number of fused-ring (bicyclic) bond motifs is 1. The van der Waals surface area contributed by atoms with Crippen molar-refractivity contribution >= 4 is 34.8 Å². The van der Waals surface area contributed by atoms with Crippen LogP contribution in [0.3, 0.4) is 0 Å². The third kappa shape index (κ3) is 2.96. The molecule has 0 fully saturated rings. The summed E-state index contributed by atoms with van der Waals surface area (Å²) in [5.41, 5.74) is 9.93. The van der Waals surface area contributed by atoms with Gasteiger partial charge in [-0.3, -0.25) is 4.79 Å². The van der Waals surface area contributed by atoms with E-state index in [2.05, 4.69) is 5.32 Å². The second kappa shape index (κ2) is 6.16. The summed E-state index contributed by atoms with van der Waals surface area (Å²) in [4.78, 5) is 12.5. The lowest BCUT2D eigenvalue weighted by Crippen LogP contribution is -2.53. The SMILES string of the molecule is COc1ccc(C(N)(N)CC2(O)C(=O)Nc3c(Cl)ccc(Cl)c32)cc1. The van der Waals surface area contributed by atoms with Gasteiger partial charge in [-0.05, 0) is 29.8 Å². The van der Waals surface area contributed by atoms with E-state index >= 15 is 0 Å². The summed E-state index contributed by atoms with van der Waals surface area (Å²) >= 11 is 12.3. The zero-order chi connectivity index (χ0) is 18.4. The lowest BCUT2D eigenvalue weighted by atomic mass is 9.83. The molecule has 6 N–H and O–H groups in total. The smallest absolute Gasteiger partial charge is 0.261 e. The molecular weight excluding hydrogens is 365 g/mol. The number of benzene rings is 2. The molecule has 0 saturated carbocycles. The number of hydrogen-bond acceptors (Lipinski definition) is 5. The van der Waals surface area contributed by atoms with Crippen molar-refractivity contribution in [2.24, 2.45) is 11.5 Å². The Balaban J connectivity index is 2.02. The third-order valence-electron chi connectivity index (χ3n) is 4.31. The predicted molar refractivity (Wildman–Crippen MR) is 96.7 cm³/mol. The number of ether oxygens (including phenoxy) is 1. The first-order valence-electron chi connectivity index (χ1n) is 7.43. The van der Waals surface area contributed by atoms with Gasteiger partial charge < -0.3 is 26.6 Å². The van der Waals surface area contributed by atoms with Crippen LogP contribution in [-0.2, 0) is 16.1 Å². The van der Waals surface area contributed by atoms with Crippen molar-refractivity contribution in [2.75, 3.05) is 12.4 Å². The molecule has 3 rings (SSSR count). The molecule has 1 amide bonds. The molecule has 1 aliphatic rings. The molecule has 6 nitrogen and oxygen atoms in total. The molecule has 0 aromatic heterocycles. The highest BCUT2D eigenvalue weighted by Crippen LogP contribution is 2.47. The maximum atomic E-state index is 12.5. The maximum absolute atomic E-state index is 12.5. The summed E-state index contributed by atoms with van der Waals surface area (Å²) in [5.74, 6) is -0.0386. The number of methoxy groups -OCH3 is 1. The van der Waals surface area contributed by atoms with E-state index in [1.807, 2.05) is 0 Å². The number of anilines is 1. The zero-order valence-electron chi connectivity index (χ0n) is 13.3. The van der Waals surface area contributed by atoms with Gasteiger partial charge >= 0.3 is 0 Å². The van der Waals surface area contributed by atoms with Crippen LogP contribution < -0.4 is 21.5 Å². The lowest BCUT2D eigenvalue weighted by Gasteiger charge is -2.33. The highest BCUT2D eigenvalue weighted by molar-refractivity contribution is 6.38. The molecule has 2 aromatic rings. The molecule has 0 spiro atoms. The van der Waals surface area contributed by atoms with Crippen LogP contribution >= 0.6 is 23.2 Å². The fourth-order valence-corrected chi connectivity index (χ4v) is 3.52. The molecule has 1 heterocycles. The van der Waals surface area contributed by atoms with E-state index in [0.717, 1.165) is 0 Å². The lowest BCUT2D eigenvalue weighted by molar-refractivity contribution is -0.136. The first kappa shape index (κ1) is 18.0. The van der Waals surface area contributed by atoms with Crippen LogP contribution in [0, 0.1) is 0 Å². The van der Waals surface area contributed by atoms with Gasteiger partial charge in [0, 0.05) is 17.0 Å². The van der Waals surface area contributed by atoms with Gasteiger partial charge in [-0.1, -0.05) is 35.3 Å². The Bertz CT molecular complexity index is 840. The number of carbonyl (C=O) groups is 1. The summed E-state index contributed by atoms with van der Waals surface area (Å²) < 4.78 is 5.10. The van der Waals surface area contributed by atoms with Crippen LogP contribution in [0.25, 0.3) is 0 Å². The fraction of sp³-hybridized carbons (Fsp3) is 0.235. The number of hydrogen-bond donors (Lipinski definition) is 4. The predicted octanol–water partition coefficient (Wildman–Crippen LogP) is 2.30. The van der Waals surface area contributed by atoms with E-state index < -0.39 is 17.2 Å². The van der Waals surface area contributed by atoms with Gasteiger partial charge in [0.15, 0.2) is 5.60 Å². The third-order valence-corrected chi connectivity index (χ3v) is 4.94. The average molecular weight is 382 g/mol.